The van der Waals surface area contributed by atoms with Gasteiger partial charge in [0.15, 0.2) is 0 Å². The average molecular weight is 261 g/mol. The summed E-state index contributed by atoms with van der Waals surface area (Å²) in [4.78, 5) is 4.40. The minimum absolute atomic E-state index is 0.0798. The van der Waals surface area contributed by atoms with Gasteiger partial charge in [-0.25, -0.2) is 4.98 Å². The summed E-state index contributed by atoms with van der Waals surface area (Å²) in [5.41, 5.74) is 0. The molecule has 6 heteroatoms. The van der Waals surface area contributed by atoms with E-state index in [2.05, 4.69) is 15.4 Å². The van der Waals surface area contributed by atoms with Gasteiger partial charge >= 0.3 is 0 Å². The van der Waals surface area contributed by atoms with E-state index >= 15 is 0 Å². The maximum atomic E-state index is 5.84. The molecule has 0 saturated carbocycles. The van der Waals surface area contributed by atoms with E-state index in [1.165, 1.54) is 0 Å². The molecule has 0 unspecified atom stereocenters. The van der Waals surface area contributed by atoms with Crippen molar-refractivity contribution in [2.75, 3.05) is 18.5 Å². The summed E-state index contributed by atoms with van der Waals surface area (Å²) in [5.74, 6) is 2.35. The Bertz CT molecular complexity index is 547. The predicted molar refractivity (Wildman–Crippen MR) is 71.7 cm³/mol. The van der Waals surface area contributed by atoms with Crippen LogP contribution >= 0.6 is 0 Å². The van der Waals surface area contributed by atoms with Crippen LogP contribution in [0.3, 0.4) is 0 Å². The van der Waals surface area contributed by atoms with Crippen LogP contribution in [0.1, 0.15) is 18.3 Å². The number of hydrogen-bond acceptors (Lipinski definition) is 4. The van der Waals surface area contributed by atoms with Crippen LogP contribution in [0.4, 0.5) is 5.82 Å². The van der Waals surface area contributed by atoms with Crippen molar-refractivity contribution in [2.45, 2.75) is 12.5 Å². The van der Waals surface area contributed by atoms with Crippen molar-refractivity contribution >= 4 is 5.82 Å². The van der Waals surface area contributed by atoms with E-state index in [0.29, 0.717) is 5.92 Å². The van der Waals surface area contributed by atoms with Crippen LogP contribution in [-0.2, 0) is 18.8 Å². The lowest BCUT2D eigenvalue weighted by Gasteiger charge is -2.18. The van der Waals surface area contributed by atoms with Crippen molar-refractivity contribution in [2.24, 2.45) is 20.0 Å². The number of rotatable bonds is 4. The Morgan fingerprint density at radius 3 is 3.00 bits per heavy atom. The highest BCUT2D eigenvalue weighted by Crippen LogP contribution is 2.33. The van der Waals surface area contributed by atoms with Crippen molar-refractivity contribution in [3.63, 3.8) is 0 Å². The highest BCUT2D eigenvalue weighted by Gasteiger charge is 2.32. The van der Waals surface area contributed by atoms with Crippen molar-refractivity contribution < 1.29 is 4.74 Å². The van der Waals surface area contributed by atoms with Crippen molar-refractivity contribution in [3.05, 3.63) is 30.5 Å². The Kier molecular flexibility index (Phi) is 3.25. The topological polar surface area (TPSA) is 56.9 Å². The monoisotopic (exact) mass is 261 g/mol. The largest absolute Gasteiger partial charge is 0.370 e. The second-order valence-corrected chi connectivity index (χ2v) is 4.99. The first-order valence-corrected chi connectivity index (χ1v) is 6.56. The first kappa shape index (κ1) is 12.2. The van der Waals surface area contributed by atoms with Crippen LogP contribution in [0.2, 0.25) is 0 Å². The standard InChI is InChI=1S/C13H19N5O/c1-17-7-5-14-13(17)12-10(4-8-19-12)9-15-11-3-6-18(2)16-11/h3,5-7,10,12H,4,8-9H2,1-2H3,(H,15,16)/t10-,12+/m0/s1. The molecule has 0 amide bonds. The predicted octanol–water partition coefficient (Wildman–Crippen LogP) is 1.34. The molecule has 2 atom stereocenters. The fourth-order valence-electron chi connectivity index (χ4n) is 2.52. The van der Waals surface area contributed by atoms with Crippen LogP contribution in [0.25, 0.3) is 0 Å². The van der Waals surface area contributed by atoms with Crippen molar-refractivity contribution in [1.82, 2.24) is 19.3 Å². The van der Waals surface area contributed by atoms with Gasteiger partial charge in [0.2, 0.25) is 0 Å². The number of ether oxygens (including phenoxy) is 1. The third kappa shape index (κ3) is 2.49. The van der Waals surface area contributed by atoms with E-state index in [0.717, 1.165) is 31.2 Å². The Labute approximate surface area is 112 Å². The highest BCUT2D eigenvalue weighted by molar-refractivity contribution is 5.32. The summed E-state index contributed by atoms with van der Waals surface area (Å²) in [6, 6.07) is 1.98. The lowest BCUT2D eigenvalue weighted by Crippen LogP contribution is -2.20. The number of anilines is 1. The number of aromatic nitrogens is 4. The Hall–Kier alpha value is -1.82. The zero-order valence-electron chi connectivity index (χ0n) is 11.3. The van der Waals surface area contributed by atoms with Crippen LogP contribution in [0, 0.1) is 5.92 Å². The number of imidazole rings is 1. The summed E-state index contributed by atoms with van der Waals surface area (Å²) >= 11 is 0. The van der Waals surface area contributed by atoms with Gasteiger partial charge in [-0.2, -0.15) is 5.10 Å². The van der Waals surface area contributed by atoms with E-state index < -0.39 is 0 Å². The van der Waals surface area contributed by atoms with E-state index in [-0.39, 0.29) is 6.10 Å². The Balaban J connectivity index is 1.65. The minimum atomic E-state index is 0.0798. The molecule has 6 nitrogen and oxygen atoms in total. The smallest absolute Gasteiger partial charge is 0.147 e. The van der Waals surface area contributed by atoms with Gasteiger partial charge in [0.25, 0.3) is 0 Å². The molecule has 0 bridgehead atoms. The number of nitrogens with one attached hydrogen (secondary N) is 1. The molecule has 1 aliphatic heterocycles. The van der Waals surface area contributed by atoms with Gasteiger partial charge in [0, 0.05) is 57.8 Å². The maximum Gasteiger partial charge on any atom is 0.147 e. The normalized spacial score (nSPS) is 22.8. The molecule has 0 spiro atoms. The lowest BCUT2D eigenvalue weighted by molar-refractivity contribution is 0.0839. The number of hydrogen-bond donors (Lipinski definition) is 1. The zero-order chi connectivity index (χ0) is 13.2. The number of aryl methyl sites for hydroxylation is 2. The van der Waals surface area contributed by atoms with Crippen molar-refractivity contribution in [3.8, 4) is 0 Å². The Morgan fingerprint density at radius 1 is 1.42 bits per heavy atom. The fourth-order valence-corrected chi connectivity index (χ4v) is 2.52. The van der Waals surface area contributed by atoms with Gasteiger partial charge in [-0.05, 0) is 6.42 Å². The average Bonchev–Trinajstić information content (AvgIpc) is 3.07. The lowest BCUT2D eigenvalue weighted by atomic mass is 10.0. The fraction of sp³-hybridized carbons (Fsp3) is 0.538. The van der Waals surface area contributed by atoms with Gasteiger partial charge in [-0.15, -0.1) is 0 Å². The van der Waals surface area contributed by atoms with Crippen LogP contribution in [0.15, 0.2) is 24.7 Å². The third-order valence-electron chi connectivity index (χ3n) is 3.59. The summed E-state index contributed by atoms with van der Waals surface area (Å²) in [5, 5.41) is 7.69. The third-order valence-corrected chi connectivity index (χ3v) is 3.59. The molecule has 3 rings (SSSR count). The van der Waals surface area contributed by atoms with Crippen LogP contribution in [-0.4, -0.2) is 32.5 Å². The summed E-state index contributed by atoms with van der Waals surface area (Å²) in [6.45, 7) is 1.65. The molecule has 19 heavy (non-hydrogen) atoms. The Morgan fingerprint density at radius 2 is 2.32 bits per heavy atom. The first-order chi connectivity index (χ1) is 9.24. The van der Waals surface area contributed by atoms with Gasteiger partial charge in [-0.3, -0.25) is 4.68 Å². The van der Waals surface area contributed by atoms with Gasteiger partial charge in [-0.1, -0.05) is 0 Å². The molecule has 1 fully saturated rings. The van der Waals surface area contributed by atoms with E-state index in [1.807, 2.05) is 43.3 Å². The molecule has 1 N–H and O–H groups in total. The minimum Gasteiger partial charge on any atom is -0.370 e. The van der Waals surface area contributed by atoms with E-state index in [4.69, 9.17) is 4.74 Å². The SMILES string of the molecule is Cn1ccc(NC[C@@H]2CCO[C@H]2c2nccn2C)n1. The summed E-state index contributed by atoms with van der Waals surface area (Å²) in [7, 11) is 3.92. The first-order valence-electron chi connectivity index (χ1n) is 6.56. The highest BCUT2D eigenvalue weighted by atomic mass is 16.5. The molecule has 2 aromatic rings. The molecule has 1 aliphatic rings. The van der Waals surface area contributed by atoms with E-state index in [1.54, 1.807) is 4.68 Å². The van der Waals surface area contributed by atoms with Crippen LogP contribution < -0.4 is 5.32 Å². The molecular formula is C13H19N5O. The second-order valence-electron chi connectivity index (χ2n) is 4.99. The molecule has 1 saturated heterocycles. The second kappa shape index (κ2) is 5.05. The summed E-state index contributed by atoms with van der Waals surface area (Å²) < 4.78 is 9.66. The summed E-state index contributed by atoms with van der Waals surface area (Å²) in [6.07, 6.45) is 6.85. The molecule has 0 aliphatic carbocycles. The van der Waals surface area contributed by atoms with Gasteiger partial charge in [0.1, 0.15) is 17.7 Å². The molecule has 2 aromatic heterocycles. The van der Waals surface area contributed by atoms with Crippen LogP contribution in [0.5, 0.6) is 0 Å². The van der Waals surface area contributed by atoms with Crippen molar-refractivity contribution in [1.29, 1.82) is 0 Å². The number of nitrogens with zero attached hydrogens (tertiary/aromatic N) is 4. The molecule has 102 valence electrons. The molecule has 3 heterocycles. The molecule has 0 aromatic carbocycles. The van der Waals surface area contributed by atoms with E-state index in [9.17, 15) is 0 Å². The molecular weight excluding hydrogens is 242 g/mol. The zero-order valence-corrected chi connectivity index (χ0v) is 11.3. The quantitative estimate of drug-likeness (QED) is 0.902. The van der Waals surface area contributed by atoms with Gasteiger partial charge < -0.3 is 14.6 Å². The van der Waals surface area contributed by atoms with Gasteiger partial charge in [0.05, 0.1) is 0 Å². The maximum absolute atomic E-state index is 5.84. The molecule has 0 radical (unpaired) electrons.